The van der Waals surface area contributed by atoms with Crippen molar-refractivity contribution in [1.82, 2.24) is 5.32 Å². The number of aryl methyl sites for hydroxylation is 1. The fraction of sp³-hybridized carbons (Fsp3) is 0.273. The van der Waals surface area contributed by atoms with Gasteiger partial charge < -0.3 is 11.1 Å². The maximum atomic E-state index is 12.9. The minimum atomic E-state index is -0.186. The van der Waals surface area contributed by atoms with E-state index in [2.05, 4.69) is 5.32 Å². The van der Waals surface area contributed by atoms with Gasteiger partial charge in [-0.2, -0.15) is 0 Å². The molecule has 1 atom stereocenters. The number of hydrogen-bond donors (Lipinski definition) is 2. The van der Waals surface area contributed by atoms with Crippen molar-refractivity contribution >= 4 is 0 Å². The highest BCUT2D eigenvalue weighted by Crippen LogP contribution is 2.24. The van der Waals surface area contributed by atoms with Crippen LogP contribution in [0.3, 0.4) is 0 Å². The van der Waals surface area contributed by atoms with Crippen molar-refractivity contribution in [2.24, 2.45) is 5.73 Å². The van der Waals surface area contributed by atoms with Crippen molar-refractivity contribution in [2.75, 3.05) is 6.54 Å². The van der Waals surface area contributed by atoms with Gasteiger partial charge in [0.1, 0.15) is 5.82 Å². The Hall–Kier alpha value is -1.51. The van der Waals surface area contributed by atoms with Crippen LogP contribution in [-0.4, -0.2) is 6.54 Å². The molecule has 1 heterocycles. The molecule has 0 aromatic heterocycles. The van der Waals surface area contributed by atoms with Gasteiger partial charge in [0, 0.05) is 12.5 Å². The molecule has 3 heteroatoms. The van der Waals surface area contributed by atoms with E-state index < -0.39 is 0 Å². The van der Waals surface area contributed by atoms with Crippen LogP contribution in [0.1, 0.15) is 17.0 Å². The Morgan fingerprint density at radius 1 is 1.50 bits per heavy atom. The Balaban J connectivity index is 2.33. The van der Waals surface area contributed by atoms with E-state index in [4.69, 9.17) is 5.73 Å². The Bertz CT molecular complexity index is 385. The van der Waals surface area contributed by atoms with Crippen molar-refractivity contribution in [1.29, 1.82) is 0 Å². The topological polar surface area (TPSA) is 38.0 Å². The predicted octanol–water partition coefficient (Wildman–Crippen LogP) is 1.62. The first kappa shape index (κ1) is 9.06. The normalized spacial score (nSPS) is 20.4. The SMILES string of the molecule is Cc1cc(F)ccc1[C@@H]1C=C(N)NC1. The first-order valence-corrected chi connectivity index (χ1v) is 4.64. The van der Waals surface area contributed by atoms with E-state index in [1.165, 1.54) is 6.07 Å². The lowest BCUT2D eigenvalue weighted by atomic mass is 9.96. The van der Waals surface area contributed by atoms with E-state index >= 15 is 0 Å². The lowest BCUT2D eigenvalue weighted by Gasteiger charge is -2.10. The summed E-state index contributed by atoms with van der Waals surface area (Å²) < 4.78 is 12.9. The van der Waals surface area contributed by atoms with Crippen molar-refractivity contribution in [3.63, 3.8) is 0 Å². The first-order valence-electron chi connectivity index (χ1n) is 4.64. The van der Waals surface area contributed by atoms with Gasteiger partial charge in [-0.3, -0.25) is 0 Å². The summed E-state index contributed by atoms with van der Waals surface area (Å²) in [5.74, 6) is 0.795. The van der Waals surface area contributed by atoms with Gasteiger partial charge in [-0.05, 0) is 36.3 Å². The predicted molar refractivity (Wildman–Crippen MR) is 54.2 cm³/mol. The van der Waals surface area contributed by atoms with Crippen molar-refractivity contribution in [3.05, 3.63) is 47.0 Å². The van der Waals surface area contributed by atoms with Crippen LogP contribution < -0.4 is 11.1 Å². The van der Waals surface area contributed by atoms with E-state index in [1.807, 2.05) is 19.1 Å². The molecule has 2 rings (SSSR count). The maximum absolute atomic E-state index is 12.9. The van der Waals surface area contributed by atoms with Crippen LogP contribution in [0.15, 0.2) is 30.1 Å². The van der Waals surface area contributed by atoms with Crippen LogP contribution in [-0.2, 0) is 0 Å². The number of halogens is 1. The molecule has 14 heavy (non-hydrogen) atoms. The van der Waals surface area contributed by atoms with Crippen LogP contribution in [0.4, 0.5) is 4.39 Å². The third-order valence-corrected chi connectivity index (χ3v) is 2.54. The Kier molecular flexibility index (Phi) is 2.15. The highest BCUT2D eigenvalue weighted by atomic mass is 19.1. The van der Waals surface area contributed by atoms with Crippen LogP contribution in [0.25, 0.3) is 0 Å². The summed E-state index contributed by atoms with van der Waals surface area (Å²) in [5.41, 5.74) is 7.73. The summed E-state index contributed by atoms with van der Waals surface area (Å²) in [7, 11) is 0. The lowest BCUT2D eigenvalue weighted by molar-refractivity contribution is 0.624. The maximum Gasteiger partial charge on any atom is 0.123 e. The van der Waals surface area contributed by atoms with Crippen molar-refractivity contribution in [2.45, 2.75) is 12.8 Å². The summed E-state index contributed by atoms with van der Waals surface area (Å²) in [6.45, 7) is 2.72. The molecule has 0 saturated heterocycles. The van der Waals surface area contributed by atoms with Gasteiger partial charge in [-0.1, -0.05) is 6.07 Å². The average molecular weight is 192 g/mol. The molecule has 0 unspecified atom stereocenters. The smallest absolute Gasteiger partial charge is 0.123 e. The van der Waals surface area contributed by atoms with Crippen LogP contribution in [0, 0.1) is 12.7 Å². The van der Waals surface area contributed by atoms with Gasteiger partial charge in [0.15, 0.2) is 0 Å². The minimum Gasteiger partial charge on any atom is -0.386 e. The molecule has 3 N–H and O–H groups in total. The van der Waals surface area contributed by atoms with E-state index in [0.717, 1.165) is 17.7 Å². The zero-order valence-corrected chi connectivity index (χ0v) is 8.05. The quantitative estimate of drug-likeness (QED) is 0.709. The van der Waals surface area contributed by atoms with Crippen molar-refractivity contribution in [3.8, 4) is 0 Å². The van der Waals surface area contributed by atoms with Crippen molar-refractivity contribution < 1.29 is 4.39 Å². The van der Waals surface area contributed by atoms with Gasteiger partial charge in [-0.25, -0.2) is 4.39 Å². The van der Waals surface area contributed by atoms with Gasteiger partial charge in [0.05, 0.1) is 5.82 Å². The molecule has 1 aliphatic rings. The number of nitrogens with two attached hydrogens (primary N) is 1. The van der Waals surface area contributed by atoms with Crippen LogP contribution >= 0.6 is 0 Å². The minimum absolute atomic E-state index is 0.186. The third-order valence-electron chi connectivity index (χ3n) is 2.54. The lowest BCUT2D eigenvalue weighted by Crippen LogP contribution is -2.16. The highest BCUT2D eigenvalue weighted by molar-refractivity contribution is 5.35. The molecule has 0 fully saturated rings. The first-order chi connectivity index (χ1) is 6.66. The van der Waals surface area contributed by atoms with Crippen LogP contribution in [0.2, 0.25) is 0 Å². The van der Waals surface area contributed by atoms with E-state index in [0.29, 0.717) is 5.82 Å². The van der Waals surface area contributed by atoms with Gasteiger partial charge in [-0.15, -0.1) is 0 Å². The molecule has 2 nitrogen and oxygen atoms in total. The Morgan fingerprint density at radius 2 is 2.29 bits per heavy atom. The zero-order valence-electron chi connectivity index (χ0n) is 8.05. The summed E-state index contributed by atoms with van der Waals surface area (Å²) in [5, 5.41) is 3.06. The second kappa shape index (κ2) is 3.33. The van der Waals surface area contributed by atoms with Crippen LogP contribution in [0.5, 0.6) is 0 Å². The number of nitrogens with one attached hydrogen (secondary N) is 1. The molecule has 0 bridgehead atoms. The number of benzene rings is 1. The number of rotatable bonds is 1. The molecule has 0 amide bonds. The molecule has 0 radical (unpaired) electrons. The van der Waals surface area contributed by atoms with E-state index in [-0.39, 0.29) is 11.7 Å². The van der Waals surface area contributed by atoms with Gasteiger partial charge in [0.2, 0.25) is 0 Å². The van der Waals surface area contributed by atoms with E-state index in [9.17, 15) is 4.39 Å². The second-order valence-corrected chi connectivity index (χ2v) is 3.61. The van der Waals surface area contributed by atoms with Gasteiger partial charge >= 0.3 is 0 Å². The fourth-order valence-corrected chi connectivity index (χ4v) is 1.82. The largest absolute Gasteiger partial charge is 0.386 e. The molecule has 0 saturated carbocycles. The summed E-state index contributed by atoms with van der Waals surface area (Å²) >= 11 is 0. The molecule has 1 aromatic rings. The zero-order chi connectivity index (χ0) is 10.1. The standard InChI is InChI=1S/C11H13FN2/c1-7-4-9(12)2-3-10(7)8-5-11(13)14-6-8/h2-5,8,14H,6,13H2,1H3/t8-/m1/s1. The monoisotopic (exact) mass is 192 g/mol. The third kappa shape index (κ3) is 1.58. The van der Waals surface area contributed by atoms with E-state index in [1.54, 1.807) is 6.07 Å². The second-order valence-electron chi connectivity index (χ2n) is 3.61. The molecular formula is C11H13FN2. The summed E-state index contributed by atoms with van der Waals surface area (Å²) in [6, 6.07) is 4.87. The Labute approximate surface area is 82.6 Å². The molecule has 74 valence electrons. The molecule has 0 aliphatic carbocycles. The fourth-order valence-electron chi connectivity index (χ4n) is 1.82. The summed E-state index contributed by atoms with van der Waals surface area (Å²) in [6.07, 6.45) is 1.97. The molecule has 0 spiro atoms. The highest BCUT2D eigenvalue weighted by Gasteiger charge is 2.16. The molecular weight excluding hydrogens is 179 g/mol. The number of hydrogen-bond acceptors (Lipinski definition) is 2. The Morgan fingerprint density at radius 3 is 2.86 bits per heavy atom. The molecule has 1 aromatic carbocycles. The van der Waals surface area contributed by atoms with Gasteiger partial charge in [0.25, 0.3) is 0 Å². The summed E-state index contributed by atoms with van der Waals surface area (Å²) in [4.78, 5) is 0. The molecule has 1 aliphatic heterocycles. The average Bonchev–Trinajstić information content (AvgIpc) is 2.51.